The van der Waals surface area contributed by atoms with Crippen molar-refractivity contribution in [2.45, 2.75) is 19.0 Å². The molecule has 2 atom stereocenters. The van der Waals surface area contributed by atoms with E-state index in [9.17, 15) is 0 Å². The molecule has 2 nitrogen and oxygen atoms in total. The molecule has 0 unspecified atom stereocenters. The van der Waals surface area contributed by atoms with Gasteiger partial charge in [0.15, 0.2) is 0 Å². The summed E-state index contributed by atoms with van der Waals surface area (Å²) in [6.07, 6.45) is 0. The van der Waals surface area contributed by atoms with Crippen LogP contribution in [0.15, 0.2) is 30.3 Å². The smallest absolute Gasteiger partial charge is 0.0448 e. The van der Waals surface area contributed by atoms with Crippen LogP contribution in [0.5, 0.6) is 0 Å². The molecule has 0 spiro atoms. The average molecular weight is 164 g/mol. The minimum Gasteiger partial charge on any atom is -0.323 e. The summed E-state index contributed by atoms with van der Waals surface area (Å²) >= 11 is 0. The third-order valence-electron chi connectivity index (χ3n) is 2.18. The van der Waals surface area contributed by atoms with Crippen LogP contribution in [-0.4, -0.2) is 13.1 Å². The van der Waals surface area contributed by atoms with Gasteiger partial charge in [0.05, 0.1) is 0 Å². The molecule has 66 valence electrons. The lowest BCUT2D eigenvalue weighted by atomic mass is 10.0. The molecule has 1 rings (SSSR count). The molecule has 1 aromatic carbocycles. The quantitative estimate of drug-likeness (QED) is 0.706. The standard InChI is InChI=1S/C10H16N2/c1-8(12-2)10(11)9-6-4-3-5-7-9/h3-8,10,12H,11H2,1-2H3/t8-,10-/m0/s1. The van der Waals surface area contributed by atoms with Crippen LogP contribution in [-0.2, 0) is 0 Å². The Balaban J connectivity index is 2.71. The summed E-state index contributed by atoms with van der Waals surface area (Å²) in [5.41, 5.74) is 7.17. The molecule has 0 saturated heterocycles. The zero-order chi connectivity index (χ0) is 8.97. The van der Waals surface area contributed by atoms with Crippen molar-refractivity contribution in [3.05, 3.63) is 35.9 Å². The van der Waals surface area contributed by atoms with Gasteiger partial charge >= 0.3 is 0 Å². The van der Waals surface area contributed by atoms with Crippen LogP contribution in [0, 0.1) is 0 Å². The van der Waals surface area contributed by atoms with Gasteiger partial charge < -0.3 is 11.1 Å². The number of likely N-dealkylation sites (N-methyl/N-ethyl adjacent to an activating group) is 1. The van der Waals surface area contributed by atoms with Crippen LogP contribution in [0.2, 0.25) is 0 Å². The first-order chi connectivity index (χ1) is 5.75. The van der Waals surface area contributed by atoms with Crippen LogP contribution in [0.3, 0.4) is 0 Å². The maximum Gasteiger partial charge on any atom is 0.0448 e. The maximum atomic E-state index is 5.99. The normalized spacial score (nSPS) is 15.6. The Hall–Kier alpha value is -0.860. The van der Waals surface area contributed by atoms with E-state index in [1.165, 1.54) is 5.56 Å². The molecular formula is C10H16N2. The molecule has 0 aliphatic rings. The highest BCUT2D eigenvalue weighted by molar-refractivity contribution is 5.19. The lowest BCUT2D eigenvalue weighted by Gasteiger charge is -2.19. The second-order valence-electron chi connectivity index (χ2n) is 3.01. The van der Waals surface area contributed by atoms with Crippen molar-refractivity contribution in [3.63, 3.8) is 0 Å². The Bertz CT molecular complexity index is 221. The van der Waals surface area contributed by atoms with Gasteiger partial charge in [-0.3, -0.25) is 0 Å². The Morgan fingerprint density at radius 3 is 2.33 bits per heavy atom. The highest BCUT2D eigenvalue weighted by Gasteiger charge is 2.11. The van der Waals surface area contributed by atoms with Crippen LogP contribution in [0.25, 0.3) is 0 Å². The number of hydrogen-bond acceptors (Lipinski definition) is 2. The van der Waals surface area contributed by atoms with Gasteiger partial charge in [-0.2, -0.15) is 0 Å². The molecule has 0 aliphatic heterocycles. The average Bonchev–Trinajstić information content (AvgIpc) is 2.17. The number of hydrogen-bond donors (Lipinski definition) is 2. The van der Waals surface area contributed by atoms with Crippen LogP contribution in [0.4, 0.5) is 0 Å². The molecular weight excluding hydrogens is 148 g/mol. The molecule has 0 fully saturated rings. The fraction of sp³-hybridized carbons (Fsp3) is 0.400. The fourth-order valence-electron chi connectivity index (χ4n) is 1.14. The van der Waals surface area contributed by atoms with Gasteiger partial charge in [0, 0.05) is 12.1 Å². The summed E-state index contributed by atoms with van der Waals surface area (Å²) in [6.45, 7) is 2.08. The van der Waals surface area contributed by atoms with Crippen molar-refractivity contribution in [3.8, 4) is 0 Å². The van der Waals surface area contributed by atoms with Crippen molar-refractivity contribution in [2.24, 2.45) is 5.73 Å². The summed E-state index contributed by atoms with van der Waals surface area (Å²) < 4.78 is 0. The van der Waals surface area contributed by atoms with E-state index >= 15 is 0 Å². The van der Waals surface area contributed by atoms with E-state index in [0.29, 0.717) is 6.04 Å². The predicted octanol–water partition coefficient (Wildman–Crippen LogP) is 1.29. The Morgan fingerprint density at radius 1 is 1.25 bits per heavy atom. The maximum absolute atomic E-state index is 5.99. The Labute approximate surface area is 73.8 Å². The van der Waals surface area contributed by atoms with E-state index in [1.54, 1.807) is 0 Å². The van der Waals surface area contributed by atoms with Gasteiger partial charge in [0.1, 0.15) is 0 Å². The highest BCUT2D eigenvalue weighted by Crippen LogP contribution is 2.12. The fourth-order valence-corrected chi connectivity index (χ4v) is 1.14. The number of benzene rings is 1. The number of nitrogens with one attached hydrogen (secondary N) is 1. The largest absolute Gasteiger partial charge is 0.323 e. The number of nitrogens with two attached hydrogens (primary N) is 1. The van der Waals surface area contributed by atoms with Gasteiger partial charge in [-0.05, 0) is 19.5 Å². The molecule has 0 aliphatic carbocycles. The summed E-state index contributed by atoms with van der Waals surface area (Å²) in [4.78, 5) is 0. The topological polar surface area (TPSA) is 38.0 Å². The third kappa shape index (κ3) is 2.06. The molecule has 3 N–H and O–H groups in total. The molecule has 0 heterocycles. The first kappa shape index (κ1) is 9.23. The Kier molecular flexibility index (Phi) is 3.26. The van der Waals surface area contributed by atoms with Crippen molar-refractivity contribution >= 4 is 0 Å². The first-order valence-electron chi connectivity index (χ1n) is 4.23. The lowest BCUT2D eigenvalue weighted by Crippen LogP contribution is -2.34. The van der Waals surface area contributed by atoms with Gasteiger partial charge in [0.2, 0.25) is 0 Å². The monoisotopic (exact) mass is 164 g/mol. The van der Waals surface area contributed by atoms with Crippen molar-refractivity contribution in [1.29, 1.82) is 0 Å². The van der Waals surface area contributed by atoms with Crippen molar-refractivity contribution in [1.82, 2.24) is 5.32 Å². The summed E-state index contributed by atoms with van der Waals surface area (Å²) in [5.74, 6) is 0. The summed E-state index contributed by atoms with van der Waals surface area (Å²) in [7, 11) is 1.92. The third-order valence-corrected chi connectivity index (χ3v) is 2.18. The van der Waals surface area contributed by atoms with E-state index in [2.05, 4.69) is 24.4 Å². The Morgan fingerprint density at radius 2 is 1.83 bits per heavy atom. The summed E-state index contributed by atoms with van der Waals surface area (Å²) in [5, 5.41) is 3.14. The minimum absolute atomic E-state index is 0.0798. The zero-order valence-corrected chi connectivity index (χ0v) is 7.62. The molecule has 1 aromatic rings. The van der Waals surface area contributed by atoms with Crippen LogP contribution >= 0.6 is 0 Å². The van der Waals surface area contributed by atoms with Gasteiger partial charge in [0.25, 0.3) is 0 Å². The summed E-state index contributed by atoms with van der Waals surface area (Å²) in [6, 6.07) is 10.5. The predicted molar refractivity (Wildman–Crippen MR) is 51.9 cm³/mol. The van der Waals surface area contributed by atoms with Gasteiger partial charge in [-0.1, -0.05) is 30.3 Å². The lowest BCUT2D eigenvalue weighted by molar-refractivity contribution is 0.507. The van der Waals surface area contributed by atoms with Gasteiger partial charge in [-0.25, -0.2) is 0 Å². The second-order valence-corrected chi connectivity index (χ2v) is 3.01. The molecule has 0 bridgehead atoms. The van der Waals surface area contributed by atoms with Crippen molar-refractivity contribution in [2.75, 3.05) is 7.05 Å². The van der Waals surface area contributed by atoms with E-state index in [1.807, 2.05) is 25.2 Å². The van der Waals surface area contributed by atoms with Gasteiger partial charge in [-0.15, -0.1) is 0 Å². The molecule has 0 radical (unpaired) electrons. The minimum atomic E-state index is 0.0798. The number of rotatable bonds is 3. The molecule has 0 aromatic heterocycles. The molecule has 0 saturated carbocycles. The van der Waals surface area contributed by atoms with Crippen LogP contribution in [0.1, 0.15) is 18.5 Å². The molecule has 0 amide bonds. The SMILES string of the molecule is CN[C@@H](C)[C@H](N)c1ccccc1. The van der Waals surface area contributed by atoms with E-state index in [4.69, 9.17) is 5.73 Å². The van der Waals surface area contributed by atoms with Crippen LogP contribution < -0.4 is 11.1 Å². The van der Waals surface area contributed by atoms with Crippen molar-refractivity contribution < 1.29 is 0 Å². The second kappa shape index (κ2) is 4.24. The highest BCUT2D eigenvalue weighted by atomic mass is 14.9. The van der Waals surface area contributed by atoms with E-state index < -0.39 is 0 Å². The molecule has 2 heteroatoms. The zero-order valence-electron chi connectivity index (χ0n) is 7.62. The molecule has 12 heavy (non-hydrogen) atoms. The first-order valence-corrected chi connectivity index (χ1v) is 4.23. The van der Waals surface area contributed by atoms with E-state index in [0.717, 1.165) is 0 Å². The van der Waals surface area contributed by atoms with E-state index in [-0.39, 0.29) is 6.04 Å².